The summed E-state index contributed by atoms with van der Waals surface area (Å²) in [7, 11) is 0. The van der Waals surface area contributed by atoms with Gasteiger partial charge in [-0.2, -0.15) is 0 Å². The monoisotopic (exact) mass is 324 g/mol. The highest BCUT2D eigenvalue weighted by atomic mass is 35.5. The minimum Gasteiger partial charge on any atom is -0.399 e. The van der Waals surface area contributed by atoms with E-state index < -0.39 is 11.8 Å². The van der Waals surface area contributed by atoms with Crippen LogP contribution in [0.2, 0.25) is 0 Å². The van der Waals surface area contributed by atoms with E-state index in [4.69, 9.17) is 11.5 Å². The molecule has 0 radical (unpaired) electrons. The second kappa shape index (κ2) is 7.00. The maximum Gasteiger partial charge on any atom is 0.338 e. The number of carbonyl (C=O) groups is 1. The van der Waals surface area contributed by atoms with Gasteiger partial charge in [0.15, 0.2) is 5.82 Å². The number of hydrazine groups is 1. The highest BCUT2D eigenvalue weighted by molar-refractivity contribution is 5.94. The number of anilines is 3. The third-order valence-corrected chi connectivity index (χ3v) is 2.98. The number of urea groups is 1. The van der Waals surface area contributed by atoms with Gasteiger partial charge >= 0.3 is 6.03 Å². The lowest BCUT2D eigenvalue weighted by Crippen LogP contribution is -2.41. The number of nitrogen functional groups attached to an aromatic ring is 1. The average Bonchev–Trinajstić information content (AvgIpc) is 2.36. The summed E-state index contributed by atoms with van der Waals surface area (Å²) in [5.41, 5.74) is 16.2. The molecular weight excluding hydrogens is 307 g/mol. The number of amides is 2. The van der Waals surface area contributed by atoms with Gasteiger partial charge in [-0.15, -0.1) is 12.4 Å². The Balaban J connectivity index is 0.00000242. The molecule has 118 valence electrons. The number of nitrogens with two attached hydrogens (primary N) is 2. The van der Waals surface area contributed by atoms with Crippen molar-refractivity contribution in [1.82, 2.24) is 0 Å². The van der Waals surface area contributed by atoms with E-state index in [1.54, 1.807) is 19.1 Å². The fourth-order valence-electron chi connectivity index (χ4n) is 2.11. The minimum atomic E-state index is -0.816. The van der Waals surface area contributed by atoms with Crippen LogP contribution in [0, 0.1) is 19.7 Å². The van der Waals surface area contributed by atoms with Crippen LogP contribution in [0.4, 0.5) is 26.2 Å². The molecule has 0 aliphatic heterocycles. The number of primary amides is 1. The summed E-state index contributed by atoms with van der Waals surface area (Å²) in [4.78, 5) is 11.7. The number of benzene rings is 2. The van der Waals surface area contributed by atoms with Gasteiger partial charge in [0.25, 0.3) is 0 Å². The number of aryl methyl sites for hydroxylation is 2. The second-order valence-electron chi connectivity index (χ2n) is 4.82. The number of hydrogen-bond acceptors (Lipinski definition) is 3. The zero-order valence-corrected chi connectivity index (χ0v) is 13.1. The summed E-state index contributed by atoms with van der Waals surface area (Å²) in [6.07, 6.45) is 0. The van der Waals surface area contributed by atoms with Crippen LogP contribution >= 0.6 is 12.4 Å². The topological polar surface area (TPSA) is 84.4 Å². The normalized spacial score (nSPS) is 9.77. The number of nitrogens with zero attached hydrogens (tertiary/aromatic N) is 1. The van der Waals surface area contributed by atoms with Crippen LogP contribution in [0.1, 0.15) is 11.1 Å². The average molecular weight is 325 g/mol. The Morgan fingerprint density at radius 3 is 2.45 bits per heavy atom. The smallest absolute Gasteiger partial charge is 0.338 e. The molecule has 2 aromatic rings. The van der Waals surface area contributed by atoms with Crippen molar-refractivity contribution in [2.45, 2.75) is 13.8 Å². The fourth-order valence-corrected chi connectivity index (χ4v) is 2.11. The third kappa shape index (κ3) is 3.79. The van der Waals surface area contributed by atoms with E-state index in [9.17, 15) is 9.18 Å². The molecule has 0 aromatic heterocycles. The molecule has 2 rings (SSSR count). The van der Waals surface area contributed by atoms with E-state index in [1.807, 2.05) is 25.1 Å². The third-order valence-electron chi connectivity index (χ3n) is 2.98. The number of nitrogens with one attached hydrogen (secondary N) is 1. The van der Waals surface area contributed by atoms with E-state index in [0.717, 1.165) is 16.6 Å². The number of hydrogen-bond donors (Lipinski definition) is 3. The van der Waals surface area contributed by atoms with Crippen LogP contribution < -0.4 is 21.9 Å². The molecule has 0 atom stereocenters. The lowest BCUT2D eigenvalue weighted by molar-refractivity contribution is 0.255. The van der Waals surface area contributed by atoms with Gasteiger partial charge in [0.2, 0.25) is 0 Å². The van der Waals surface area contributed by atoms with Crippen molar-refractivity contribution in [2.24, 2.45) is 5.73 Å². The summed E-state index contributed by atoms with van der Waals surface area (Å²) >= 11 is 0. The van der Waals surface area contributed by atoms with Crippen LogP contribution in [-0.4, -0.2) is 6.03 Å². The molecule has 0 fully saturated rings. The van der Waals surface area contributed by atoms with Crippen LogP contribution in [0.25, 0.3) is 0 Å². The molecule has 0 bridgehead atoms. The molecule has 2 amide bonds. The number of rotatable bonds is 3. The summed E-state index contributed by atoms with van der Waals surface area (Å²) in [6, 6.07) is 9.22. The zero-order valence-electron chi connectivity index (χ0n) is 12.3. The largest absolute Gasteiger partial charge is 0.399 e. The molecule has 5 nitrogen and oxygen atoms in total. The summed E-state index contributed by atoms with van der Waals surface area (Å²) in [6.45, 7) is 3.57. The van der Waals surface area contributed by atoms with Gasteiger partial charge in [0.05, 0.1) is 5.69 Å². The van der Waals surface area contributed by atoms with Gasteiger partial charge in [0.1, 0.15) is 5.69 Å². The molecule has 0 heterocycles. The Kier molecular flexibility index (Phi) is 5.59. The number of carbonyl (C=O) groups excluding carboxylic acids is 1. The Hall–Kier alpha value is -2.47. The first kappa shape index (κ1) is 17.6. The van der Waals surface area contributed by atoms with Gasteiger partial charge in [-0.3, -0.25) is 5.43 Å². The van der Waals surface area contributed by atoms with Crippen LogP contribution in [-0.2, 0) is 0 Å². The van der Waals surface area contributed by atoms with Gasteiger partial charge < -0.3 is 11.5 Å². The molecule has 22 heavy (non-hydrogen) atoms. The first-order valence-corrected chi connectivity index (χ1v) is 6.37. The van der Waals surface area contributed by atoms with E-state index >= 15 is 0 Å². The molecule has 7 heteroatoms. The van der Waals surface area contributed by atoms with Gasteiger partial charge in [0, 0.05) is 5.69 Å². The molecule has 0 saturated carbocycles. The van der Waals surface area contributed by atoms with Crippen molar-refractivity contribution in [2.75, 3.05) is 16.2 Å². The van der Waals surface area contributed by atoms with Crippen LogP contribution in [0.5, 0.6) is 0 Å². The Morgan fingerprint density at radius 2 is 1.91 bits per heavy atom. The summed E-state index contributed by atoms with van der Waals surface area (Å²) in [5.74, 6) is -0.619. The van der Waals surface area contributed by atoms with E-state index in [1.165, 1.54) is 0 Å². The van der Waals surface area contributed by atoms with Crippen molar-refractivity contribution < 1.29 is 9.18 Å². The Labute approximate surface area is 134 Å². The highest BCUT2D eigenvalue weighted by Gasteiger charge is 2.20. The van der Waals surface area contributed by atoms with Gasteiger partial charge in [-0.05, 0) is 49.2 Å². The lowest BCUT2D eigenvalue weighted by Gasteiger charge is -2.24. The van der Waals surface area contributed by atoms with Crippen molar-refractivity contribution >= 4 is 35.5 Å². The molecule has 2 aromatic carbocycles. The van der Waals surface area contributed by atoms with Gasteiger partial charge in [-0.1, -0.05) is 12.1 Å². The van der Waals surface area contributed by atoms with Crippen molar-refractivity contribution in [3.8, 4) is 0 Å². The first-order valence-electron chi connectivity index (χ1n) is 6.37. The summed E-state index contributed by atoms with van der Waals surface area (Å²) < 4.78 is 14.1. The molecular formula is C15H18ClFN4O. The molecule has 5 N–H and O–H groups in total. The SMILES string of the molecule is Cc1cccc(NN(C(N)=O)c2c(C)cc(N)cc2F)c1.Cl. The Bertz CT molecular complexity index is 670. The van der Waals surface area contributed by atoms with Crippen molar-refractivity contribution in [3.63, 3.8) is 0 Å². The second-order valence-corrected chi connectivity index (χ2v) is 4.82. The van der Waals surface area contributed by atoms with E-state index in [2.05, 4.69) is 5.43 Å². The minimum absolute atomic E-state index is 0. The zero-order chi connectivity index (χ0) is 15.6. The quantitative estimate of drug-likeness (QED) is 0.598. The maximum absolute atomic E-state index is 14.1. The van der Waals surface area contributed by atoms with Crippen LogP contribution in [0.15, 0.2) is 36.4 Å². The summed E-state index contributed by atoms with van der Waals surface area (Å²) in [5, 5.41) is 0.971. The molecule has 0 aliphatic carbocycles. The molecule has 0 spiro atoms. The van der Waals surface area contributed by atoms with E-state index in [-0.39, 0.29) is 23.8 Å². The maximum atomic E-state index is 14.1. The predicted molar refractivity (Wildman–Crippen MR) is 89.7 cm³/mol. The molecule has 0 aliphatic rings. The lowest BCUT2D eigenvalue weighted by atomic mass is 10.1. The fraction of sp³-hybridized carbons (Fsp3) is 0.133. The number of halogens is 2. The van der Waals surface area contributed by atoms with Crippen molar-refractivity contribution in [1.29, 1.82) is 0 Å². The molecule has 0 unspecified atom stereocenters. The van der Waals surface area contributed by atoms with Crippen molar-refractivity contribution in [3.05, 3.63) is 53.3 Å². The van der Waals surface area contributed by atoms with Crippen LogP contribution in [0.3, 0.4) is 0 Å². The van der Waals surface area contributed by atoms with Gasteiger partial charge in [-0.25, -0.2) is 14.2 Å². The molecule has 0 saturated heterocycles. The van der Waals surface area contributed by atoms with E-state index in [0.29, 0.717) is 11.3 Å². The predicted octanol–water partition coefficient (Wildman–Crippen LogP) is 3.36. The highest BCUT2D eigenvalue weighted by Crippen LogP contribution is 2.27. The first-order chi connectivity index (χ1) is 9.88. The Morgan fingerprint density at radius 1 is 1.23 bits per heavy atom. The standard InChI is InChI=1S/C15H17FN4O.ClH/c1-9-4-3-5-12(6-9)19-20(15(18)21)14-10(2)7-11(17)8-13(14)16;/h3-8,19H,17H2,1-2H3,(H2,18,21);1H.